The molecule has 1 aliphatic heterocycles. The van der Waals surface area contributed by atoms with Crippen LogP contribution in [0.2, 0.25) is 0 Å². The molecule has 19 heavy (non-hydrogen) atoms. The predicted molar refractivity (Wildman–Crippen MR) is 71.8 cm³/mol. The molecule has 2 aromatic rings. The van der Waals surface area contributed by atoms with Crippen molar-refractivity contribution in [3.63, 3.8) is 0 Å². The van der Waals surface area contributed by atoms with E-state index in [1.54, 1.807) is 0 Å². The van der Waals surface area contributed by atoms with Crippen LogP contribution in [0.3, 0.4) is 0 Å². The Bertz CT molecular complexity index is 566. The van der Waals surface area contributed by atoms with Crippen LogP contribution in [-0.4, -0.2) is 13.8 Å². The Labute approximate surface area is 111 Å². The van der Waals surface area contributed by atoms with Gasteiger partial charge < -0.3 is 19.5 Å². The first-order valence-corrected chi connectivity index (χ1v) is 6.16. The van der Waals surface area contributed by atoms with Crippen molar-refractivity contribution in [2.75, 3.05) is 13.8 Å². The molecule has 3 rings (SSSR count). The van der Waals surface area contributed by atoms with Gasteiger partial charge in [-0.2, -0.15) is 0 Å². The molecule has 98 valence electrons. The molecule has 0 aliphatic carbocycles. The van der Waals surface area contributed by atoms with Crippen molar-refractivity contribution in [2.24, 2.45) is 0 Å². The summed E-state index contributed by atoms with van der Waals surface area (Å²) in [5, 5.41) is 3.11. The highest BCUT2D eigenvalue weighted by Crippen LogP contribution is 2.36. The Morgan fingerprint density at radius 3 is 2.53 bits per heavy atom. The SMILES string of the molecule is CNCc1ccc(Oc2ccc3c(c2)OCO3)cc1. The second kappa shape index (κ2) is 5.20. The average Bonchev–Trinajstić information content (AvgIpc) is 2.89. The van der Waals surface area contributed by atoms with Gasteiger partial charge >= 0.3 is 0 Å². The van der Waals surface area contributed by atoms with Crippen LogP contribution >= 0.6 is 0 Å². The fraction of sp³-hybridized carbons (Fsp3) is 0.200. The Morgan fingerprint density at radius 1 is 1.00 bits per heavy atom. The average molecular weight is 257 g/mol. The Kier molecular flexibility index (Phi) is 3.25. The monoisotopic (exact) mass is 257 g/mol. The zero-order valence-electron chi connectivity index (χ0n) is 10.7. The van der Waals surface area contributed by atoms with E-state index in [0.717, 1.165) is 29.5 Å². The van der Waals surface area contributed by atoms with Crippen molar-refractivity contribution >= 4 is 0 Å². The third-order valence-corrected chi connectivity index (χ3v) is 2.88. The van der Waals surface area contributed by atoms with Crippen LogP contribution in [0.15, 0.2) is 42.5 Å². The lowest BCUT2D eigenvalue weighted by molar-refractivity contribution is 0.174. The van der Waals surface area contributed by atoms with Crippen LogP contribution in [0.1, 0.15) is 5.56 Å². The first-order valence-electron chi connectivity index (χ1n) is 6.16. The van der Waals surface area contributed by atoms with E-state index in [1.807, 2.05) is 49.5 Å². The normalized spacial score (nSPS) is 12.5. The number of nitrogens with one attached hydrogen (secondary N) is 1. The predicted octanol–water partition coefficient (Wildman–Crippen LogP) is 2.93. The van der Waals surface area contributed by atoms with Crippen molar-refractivity contribution in [2.45, 2.75) is 6.54 Å². The van der Waals surface area contributed by atoms with Gasteiger partial charge in [-0.15, -0.1) is 0 Å². The molecule has 0 fully saturated rings. The molecule has 1 heterocycles. The molecule has 0 unspecified atom stereocenters. The number of hydrogen-bond donors (Lipinski definition) is 1. The molecule has 2 aromatic carbocycles. The zero-order valence-corrected chi connectivity index (χ0v) is 10.7. The molecule has 0 radical (unpaired) electrons. The van der Waals surface area contributed by atoms with E-state index in [1.165, 1.54) is 5.56 Å². The zero-order chi connectivity index (χ0) is 13.1. The lowest BCUT2D eigenvalue weighted by atomic mass is 10.2. The van der Waals surface area contributed by atoms with Crippen LogP contribution in [-0.2, 0) is 6.54 Å². The van der Waals surface area contributed by atoms with Gasteiger partial charge in [0.2, 0.25) is 6.79 Å². The van der Waals surface area contributed by atoms with Crippen LogP contribution in [0.5, 0.6) is 23.0 Å². The second-order valence-corrected chi connectivity index (χ2v) is 4.29. The van der Waals surface area contributed by atoms with Crippen molar-refractivity contribution in [3.8, 4) is 23.0 Å². The molecule has 0 saturated heterocycles. The van der Waals surface area contributed by atoms with E-state index in [0.29, 0.717) is 0 Å². The summed E-state index contributed by atoms with van der Waals surface area (Å²) in [7, 11) is 1.93. The summed E-state index contributed by atoms with van der Waals surface area (Å²) < 4.78 is 16.4. The number of ether oxygens (including phenoxy) is 3. The van der Waals surface area contributed by atoms with Gasteiger partial charge in [0, 0.05) is 12.6 Å². The molecule has 1 aliphatic rings. The van der Waals surface area contributed by atoms with Crippen LogP contribution in [0, 0.1) is 0 Å². The van der Waals surface area contributed by atoms with Crippen molar-refractivity contribution in [1.29, 1.82) is 0 Å². The van der Waals surface area contributed by atoms with Crippen molar-refractivity contribution in [3.05, 3.63) is 48.0 Å². The van der Waals surface area contributed by atoms with Crippen LogP contribution in [0.25, 0.3) is 0 Å². The minimum atomic E-state index is 0.275. The molecule has 4 heteroatoms. The molecule has 0 atom stereocenters. The van der Waals surface area contributed by atoms with E-state index in [-0.39, 0.29) is 6.79 Å². The maximum atomic E-state index is 5.78. The summed E-state index contributed by atoms with van der Waals surface area (Å²) in [6.45, 7) is 1.13. The fourth-order valence-corrected chi connectivity index (χ4v) is 1.96. The van der Waals surface area contributed by atoms with Gasteiger partial charge in [0.25, 0.3) is 0 Å². The van der Waals surface area contributed by atoms with Gasteiger partial charge in [0.1, 0.15) is 11.5 Å². The highest BCUT2D eigenvalue weighted by molar-refractivity contribution is 5.48. The number of hydrogen-bond acceptors (Lipinski definition) is 4. The topological polar surface area (TPSA) is 39.7 Å². The molecule has 0 bridgehead atoms. The molecule has 0 amide bonds. The third kappa shape index (κ3) is 2.63. The summed E-state index contributed by atoms with van der Waals surface area (Å²) in [6, 6.07) is 13.6. The van der Waals surface area contributed by atoms with Crippen LogP contribution < -0.4 is 19.5 Å². The smallest absolute Gasteiger partial charge is 0.231 e. The minimum Gasteiger partial charge on any atom is -0.457 e. The summed E-state index contributed by atoms with van der Waals surface area (Å²) in [4.78, 5) is 0. The van der Waals surface area contributed by atoms with E-state index in [4.69, 9.17) is 14.2 Å². The van der Waals surface area contributed by atoms with E-state index in [2.05, 4.69) is 5.32 Å². The Morgan fingerprint density at radius 2 is 1.74 bits per heavy atom. The maximum Gasteiger partial charge on any atom is 0.231 e. The summed E-state index contributed by atoms with van der Waals surface area (Å²) in [5.74, 6) is 3.03. The third-order valence-electron chi connectivity index (χ3n) is 2.88. The standard InChI is InChI=1S/C15H15NO3/c1-16-9-11-2-4-12(5-3-11)19-13-6-7-14-15(8-13)18-10-17-14/h2-8,16H,9-10H2,1H3. The van der Waals surface area contributed by atoms with Crippen molar-refractivity contribution < 1.29 is 14.2 Å². The number of benzene rings is 2. The van der Waals surface area contributed by atoms with Gasteiger partial charge in [-0.25, -0.2) is 0 Å². The lowest BCUT2D eigenvalue weighted by Gasteiger charge is -2.07. The first-order chi connectivity index (χ1) is 9.35. The molecule has 0 aromatic heterocycles. The highest BCUT2D eigenvalue weighted by Gasteiger charge is 2.13. The van der Waals surface area contributed by atoms with Crippen molar-refractivity contribution in [1.82, 2.24) is 5.32 Å². The van der Waals surface area contributed by atoms with Crippen LogP contribution in [0.4, 0.5) is 0 Å². The van der Waals surface area contributed by atoms with Gasteiger partial charge in [-0.1, -0.05) is 12.1 Å². The van der Waals surface area contributed by atoms with E-state index >= 15 is 0 Å². The van der Waals surface area contributed by atoms with Gasteiger partial charge in [0.05, 0.1) is 0 Å². The minimum absolute atomic E-state index is 0.275. The fourth-order valence-electron chi connectivity index (χ4n) is 1.96. The molecule has 0 spiro atoms. The molecule has 0 saturated carbocycles. The van der Waals surface area contributed by atoms with E-state index < -0.39 is 0 Å². The second-order valence-electron chi connectivity index (χ2n) is 4.29. The number of fused-ring (bicyclic) bond motifs is 1. The molecular formula is C15H15NO3. The lowest BCUT2D eigenvalue weighted by Crippen LogP contribution is -2.04. The number of rotatable bonds is 4. The molecular weight excluding hydrogens is 242 g/mol. The summed E-state index contributed by atoms with van der Waals surface area (Å²) >= 11 is 0. The Hall–Kier alpha value is -2.20. The largest absolute Gasteiger partial charge is 0.457 e. The Balaban J connectivity index is 1.74. The highest BCUT2D eigenvalue weighted by atomic mass is 16.7. The molecule has 4 nitrogen and oxygen atoms in total. The summed E-state index contributed by atoms with van der Waals surface area (Å²) in [6.07, 6.45) is 0. The maximum absolute atomic E-state index is 5.78. The summed E-state index contributed by atoms with van der Waals surface area (Å²) in [5.41, 5.74) is 1.22. The quantitative estimate of drug-likeness (QED) is 0.914. The van der Waals surface area contributed by atoms with E-state index in [9.17, 15) is 0 Å². The van der Waals surface area contributed by atoms with Gasteiger partial charge in [0.15, 0.2) is 11.5 Å². The molecule has 1 N–H and O–H groups in total. The van der Waals surface area contributed by atoms with Gasteiger partial charge in [-0.05, 0) is 36.9 Å². The van der Waals surface area contributed by atoms with Gasteiger partial charge in [-0.3, -0.25) is 0 Å². The first kappa shape index (κ1) is 11.9.